The van der Waals surface area contributed by atoms with Gasteiger partial charge in [-0.05, 0) is 12.1 Å². The lowest BCUT2D eigenvalue weighted by molar-refractivity contribution is -0.132. The van der Waals surface area contributed by atoms with Gasteiger partial charge < -0.3 is 10.2 Å². The zero-order valence-corrected chi connectivity index (χ0v) is 13.2. The Morgan fingerprint density at radius 2 is 2.05 bits per heavy atom. The average molecular weight is 319 g/mol. The van der Waals surface area contributed by atoms with E-state index >= 15 is 0 Å². The van der Waals surface area contributed by atoms with Crippen molar-refractivity contribution >= 4 is 23.6 Å². The van der Waals surface area contributed by atoms with E-state index in [2.05, 4.69) is 15.5 Å². The Balaban J connectivity index is 1.97. The first-order valence-electron chi connectivity index (χ1n) is 6.64. The van der Waals surface area contributed by atoms with Gasteiger partial charge in [-0.3, -0.25) is 14.2 Å². The van der Waals surface area contributed by atoms with Gasteiger partial charge in [0.25, 0.3) is 0 Å². The molecule has 1 N–H and O–H groups in total. The third kappa shape index (κ3) is 4.08. The highest BCUT2D eigenvalue weighted by molar-refractivity contribution is 7.99. The lowest BCUT2D eigenvalue weighted by Crippen LogP contribution is -2.37. The largest absolute Gasteiger partial charge is 0.358 e. The van der Waals surface area contributed by atoms with E-state index in [1.807, 2.05) is 34.9 Å². The molecule has 0 aliphatic heterocycles. The second-order valence-electron chi connectivity index (χ2n) is 4.53. The number of thioether (sulfide) groups is 1. The van der Waals surface area contributed by atoms with Crippen LogP contribution in [0, 0.1) is 0 Å². The minimum absolute atomic E-state index is 0.0429. The summed E-state index contributed by atoms with van der Waals surface area (Å²) >= 11 is 1.29. The van der Waals surface area contributed by atoms with Crippen molar-refractivity contribution in [2.75, 3.05) is 26.4 Å². The highest BCUT2D eigenvalue weighted by atomic mass is 32.2. The molecule has 2 amide bonds. The fourth-order valence-electron chi connectivity index (χ4n) is 1.71. The minimum Gasteiger partial charge on any atom is -0.358 e. The molecule has 2 aromatic rings. The minimum atomic E-state index is -0.201. The molecule has 0 atom stereocenters. The number of carbonyl (C=O) groups excluding carboxylic acids is 2. The predicted octanol–water partition coefficient (Wildman–Crippen LogP) is 0.564. The summed E-state index contributed by atoms with van der Waals surface area (Å²) in [6.07, 6.45) is 1.61. The second kappa shape index (κ2) is 7.60. The third-order valence-corrected chi connectivity index (χ3v) is 3.89. The van der Waals surface area contributed by atoms with Crippen LogP contribution < -0.4 is 5.32 Å². The van der Waals surface area contributed by atoms with Crippen molar-refractivity contribution in [1.29, 1.82) is 0 Å². The van der Waals surface area contributed by atoms with Crippen LogP contribution in [0.25, 0.3) is 5.69 Å². The van der Waals surface area contributed by atoms with Crippen LogP contribution in [0.3, 0.4) is 0 Å². The highest BCUT2D eigenvalue weighted by Crippen LogP contribution is 2.19. The number of nitrogens with one attached hydrogen (secondary N) is 1. The third-order valence-electron chi connectivity index (χ3n) is 2.96. The van der Waals surface area contributed by atoms with Crippen LogP contribution in [0.15, 0.2) is 41.8 Å². The molecule has 0 fully saturated rings. The Kier molecular flexibility index (Phi) is 5.54. The molecule has 0 bridgehead atoms. The standard InChI is InChI=1S/C14H17N5O2S/c1-15-12(20)8-18(2)13(21)9-22-14-17-16-10-19(14)11-6-4-3-5-7-11/h3-7,10H,8-9H2,1-2H3,(H,15,20). The van der Waals surface area contributed by atoms with Crippen LogP contribution in [0.4, 0.5) is 0 Å². The Morgan fingerprint density at radius 3 is 2.73 bits per heavy atom. The monoisotopic (exact) mass is 319 g/mol. The summed E-state index contributed by atoms with van der Waals surface area (Å²) in [5.74, 6) is -0.150. The molecule has 8 heteroatoms. The van der Waals surface area contributed by atoms with Crippen molar-refractivity contribution in [3.8, 4) is 5.69 Å². The summed E-state index contributed by atoms with van der Waals surface area (Å²) in [7, 11) is 3.14. The predicted molar refractivity (Wildman–Crippen MR) is 83.8 cm³/mol. The van der Waals surface area contributed by atoms with Gasteiger partial charge in [-0.25, -0.2) is 0 Å². The number of carbonyl (C=O) groups is 2. The maximum Gasteiger partial charge on any atom is 0.239 e. The molecule has 0 saturated carbocycles. The molecule has 1 aromatic carbocycles. The van der Waals surface area contributed by atoms with E-state index in [9.17, 15) is 9.59 Å². The molecule has 0 unspecified atom stereocenters. The molecular formula is C14H17N5O2S. The molecule has 116 valence electrons. The fraction of sp³-hybridized carbons (Fsp3) is 0.286. The van der Waals surface area contributed by atoms with Crippen molar-refractivity contribution in [3.63, 3.8) is 0 Å². The van der Waals surface area contributed by atoms with Crippen LogP contribution in [-0.2, 0) is 9.59 Å². The summed E-state index contributed by atoms with van der Waals surface area (Å²) in [5.41, 5.74) is 0.932. The maximum atomic E-state index is 12.0. The van der Waals surface area contributed by atoms with Crippen molar-refractivity contribution in [1.82, 2.24) is 25.0 Å². The van der Waals surface area contributed by atoms with Gasteiger partial charge in [0.15, 0.2) is 5.16 Å². The Hall–Kier alpha value is -2.35. The van der Waals surface area contributed by atoms with Gasteiger partial charge in [-0.1, -0.05) is 30.0 Å². The Bertz CT molecular complexity index is 644. The van der Waals surface area contributed by atoms with Gasteiger partial charge in [-0.15, -0.1) is 10.2 Å². The molecule has 2 rings (SSSR count). The van der Waals surface area contributed by atoms with Crippen LogP contribution >= 0.6 is 11.8 Å². The average Bonchev–Trinajstić information content (AvgIpc) is 3.01. The first-order chi connectivity index (χ1) is 10.6. The van der Waals surface area contributed by atoms with E-state index in [1.165, 1.54) is 23.7 Å². The number of aromatic nitrogens is 3. The first-order valence-corrected chi connectivity index (χ1v) is 7.63. The number of likely N-dealkylation sites (N-methyl/N-ethyl adjacent to an activating group) is 2. The molecule has 7 nitrogen and oxygen atoms in total. The van der Waals surface area contributed by atoms with E-state index in [-0.39, 0.29) is 24.1 Å². The van der Waals surface area contributed by atoms with Crippen molar-refractivity contribution < 1.29 is 9.59 Å². The zero-order chi connectivity index (χ0) is 15.9. The van der Waals surface area contributed by atoms with Gasteiger partial charge >= 0.3 is 0 Å². The topological polar surface area (TPSA) is 80.1 Å². The molecule has 0 aliphatic carbocycles. The number of para-hydroxylation sites is 1. The zero-order valence-electron chi connectivity index (χ0n) is 12.4. The van der Waals surface area contributed by atoms with E-state index in [1.54, 1.807) is 13.4 Å². The fourth-order valence-corrected chi connectivity index (χ4v) is 2.58. The van der Waals surface area contributed by atoms with Gasteiger partial charge in [-0.2, -0.15) is 0 Å². The lowest BCUT2D eigenvalue weighted by Gasteiger charge is -2.15. The summed E-state index contributed by atoms with van der Waals surface area (Å²) in [6.45, 7) is 0.0429. The Morgan fingerprint density at radius 1 is 1.32 bits per heavy atom. The molecule has 1 heterocycles. The van der Waals surface area contributed by atoms with Crippen LogP contribution in [-0.4, -0.2) is 57.9 Å². The van der Waals surface area contributed by atoms with Crippen LogP contribution in [0.2, 0.25) is 0 Å². The number of hydrogen-bond acceptors (Lipinski definition) is 5. The summed E-state index contributed by atoms with van der Waals surface area (Å²) < 4.78 is 1.82. The molecule has 0 aliphatic rings. The quantitative estimate of drug-likeness (QED) is 0.787. The summed E-state index contributed by atoms with van der Waals surface area (Å²) in [6, 6.07) is 9.65. The van der Waals surface area contributed by atoms with Crippen molar-refractivity contribution in [2.24, 2.45) is 0 Å². The van der Waals surface area contributed by atoms with Gasteiger partial charge in [0.2, 0.25) is 11.8 Å². The molecular weight excluding hydrogens is 302 g/mol. The number of nitrogens with zero attached hydrogens (tertiary/aromatic N) is 4. The molecule has 0 spiro atoms. The van der Waals surface area contributed by atoms with Crippen LogP contribution in [0.5, 0.6) is 0 Å². The van der Waals surface area contributed by atoms with E-state index in [0.717, 1.165) is 5.69 Å². The first kappa shape index (κ1) is 16.0. The molecule has 0 radical (unpaired) electrons. The maximum absolute atomic E-state index is 12.0. The SMILES string of the molecule is CNC(=O)CN(C)C(=O)CSc1nncn1-c1ccccc1. The summed E-state index contributed by atoms with van der Waals surface area (Å²) in [5, 5.41) is 11.0. The second-order valence-corrected chi connectivity index (χ2v) is 5.47. The van der Waals surface area contributed by atoms with E-state index in [4.69, 9.17) is 0 Å². The van der Waals surface area contributed by atoms with Gasteiger partial charge in [0.05, 0.1) is 12.3 Å². The number of hydrogen-bond donors (Lipinski definition) is 1. The molecule has 0 saturated heterocycles. The van der Waals surface area contributed by atoms with Crippen molar-refractivity contribution in [2.45, 2.75) is 5.16 Å². The summed E-state index contributed by atoms with van der Waals surface area (Å²) in [4.78, 5) is 24.6. The number of benzene rings is 1. The Labute approximate surface area is 132 Å². The normalized spacial score (nSPS) is 10.3. The van der Waals surface area contributed by atoms with Crippen LogP contribution in [0.1, 0.15) is 0 Å². The van der Waals surface area contributed by atoms with Crippen molar-refractivity contribution in [3.05, 3.63) is 36.7 Å². The number of amides is 2. The highest BCUT2D eigenvalue weighted by Gasteiger charge is 2.14. The number of rotatable bonds is 6. The molecule has 1 aromatic heterocycles. The smallest absolute Gasteiger partial charge is 0.239 e. The van der Waals surface area contributed by atoms with Gasteiger partial charge in [0, 0.05) is 19.8 Å². The van der Waals surface area contributed by atoms with Gasteiger partial charge in [0.1, 0.15) is 6.33 Å². The molecule has 22 heavy (non-hydrogen) atoms. The van der Waals surface area contributed by atoms with E-state index < -0.39 is 0 Å². The van der Waals surface area contributed by atoms with E-state index in [0.29, 0.717) is 5.16 Å². The lowest BCUT2D eigenvalue weighted by atomic mass is 10.3.